The molecule has 134 valence electrons. The summed E-state index contributed by atoms with van der Waals surface area (Å²) in [5.74, 6) is 2.29. The highest BCUT2D eigenvalue weighted by atomic mass is 16.1. The SMILES string of the molecule is C#CC(=O)N[C@H]1CCC[C@H]1Nc1ncc2cc(-c3cccnc3)ccc2n1. The summed E-state index contributed by atoms with van der Waals surface area (Å²) in [5, 5.41) is 7.17. The van der Waals surface area contributed by atoms with Crippen LogP contribution in [0.15, 0.2) is 48.9 Å². The van der Waals surface area contributed by atoms with Crippen molar-refractivity contribution >= 4 is 22.8 Å². The van der Waals surface area contributed by atoms with Gasteiger partial charge in [-0.3, -0.25) is 9.78 Å². The minimum Gasteiger partial charge on any atom is -0.349 e. The van der Waals surface area contributed by atoms with Crippen molar-refractivity contribution in [2.75, 3.05) is 5.32 Å². The largest absolute Gasteiger partial charge is 0.349 e. The first-order valence-electron chi connectivity index (χ1n) is 8.94. The van der Waals surface area contributed by atoms with Crippen molar-refractivity contribution in [3.8, 4) is 23.5 Å². The number of anilines is 1. The number of benzene rings is 1. The van der Waals surface area contributed by atoms with Gasteiger partial charge in [-0.2, -0.15) is 0 Å². The van der Waals surface area contributed by atoms with Crippen LogP contribution in [-0.2, 0) is 4.79 Å². The van der Waals surface area contributed by atoms with E-state index >= 15 is 0 Å². The van der Waals surface area contributed by atoms with Gasteiger partial charge in [-0.1, -0.05) is 12.1 Å². The molecule has 0 spiro atoms. The zero-order valence-electron chi connectivity index (χ0n) is 14.7. The topological polar surface area (TPSA) is 79.8 Å². The lowest BCUT2D eigenvalue weighted by molar-refractivity contribution is -0.116. The Morgan fingerprint density at radius 3 is 2.85 bits per heavy atom. The van der Waals surface area contributed by atoms with E-state index in [9.17, 15) is 4.79 Å². The van der Waals surface area contributed by atoms with E-state index < -0.39 is 0 Å². The molecule has 0 aliphatic heterocycles. The Hall–Kier alpha value is -3.46. The molecule has 0 radical (unpaired) electrons. The lowest BCUT2D eigenvalue weighted by atomic mass is 10.1. The molecule has 3 aromatic rings. The van der Waals surface area contributed by atoms with Crippen LogP contribution in [0.1, 0.15) is 19.3 Å². The van der Waals surface area contributed by atoms with Crippen molar-refractivity contribution in [1.82, 2.24) is 20.3 Å². The number of fused-ring (bicyclic) bond motifs is 1. The molecular weight excluding hydrogens is 338 g/mol. The third-order valence-electron chi connectivity index (χ3n) is 4.85. The van der Waals surface area contributed by atoms with Gasteiger partial charge in [-0.25, -0.2) is 9.97 Å². The van der Waals surface area contributed by atoms with Crippen molar-refractivity contribution in [3.05, 3.63) is 48.9 Å². The lowest BCUT2D eigenvalue weighted by Crippen LogP contribution is -2.43. The molecule has 1 amide bonds. The van der Waals surface area contributed by atoms with E-state index in [1.54, 1.807) is 6.20 Å². The zero-order chi connectivity index (χ0) is 18.6. The molecule has 4 rings (SSSR count). The molecule has 6 heteroatoms. The van der Waals surface area contributed by atoms with Gasteiger partial charge in [-0.05, 0) is 48.9 Å². The maximum Gasteiger partial charge on any atom is 0.295 e. The van der Waals surface area contributed by atoms with Gasteiger partial charge in [-0.15, -0.1) is 6.42 Å². The highest BCUT2D eigenvalue weighted by molar-refractivity contribution is 5.93. The van der Waals surface area contributed by atoms with Crippen molar-refractivity contribution in [3.63, 3.8) is 0 Å². The van der Waals surface area contributed by atoms with Crippen LogP contribution >= 0.6 is 0 Å². The highest BCUT2D eigenvalue weighted by Gasteiger charge is 2.28. The van der Waals surface area contributed by atoms with E-state index in [0.29, 0.717) is 5.95 Å². The Bertz CT molecular complexity index is 1010. The van der Waals surface area contributed by atoms with Gasteiger partial charge < -0.3 is 10.6 Å². The predicted molar refractivity (Wildman–Crippen MR) is 105 cm³/mol. The maximum atomic E-state index is 11.5. The Kier molecular flexibility index (Phi) is 4.67. The standard InChI is InChI=1S/C21H19N5O/c1-2-20(27)24-18-6-3-7-19(18)26-21-23-13-16-11-14(8-9-17(16)25-21)15-5-4-10-22-12-15/h1,4-5,8-13,18-19H,3,6-7H2,(H,24,27)(H,23,25,26)/t18-,19+/m0/s1. The van der Waals surface area contributed by atoms with E-state index in [1.807, 2.05) is 36.7 Å². The molecule has 1 aromatic carbocycles. The van der Waals surface area contributed by atoms with Crippen molar-refractivity contribution in [2.45, 2.75) is 31.3 Å². The lowest BCUT2D eigenvalue weighted by Gasteiger charge is -2.21. The fourth-order valence-corrected chi connectivity index (χ4v) is 3.50. The number of carbonyl (C=O) groups excluding carboxylic acids is 1. The molecule has 2 N–H and O–H groups in total. The summed E-state index contributed by atoms with van der Waals surface area (Å²) < 4.78 is 0. The van der Waals surface area contributed by atoms with Gasteiger partial charge in [0.1, 0.15) is 0 Å². The van der Waals surface area contributed by atoms with Crippen LogP contribution in [0.3, 0.4) is 0 Å². The Morgan fingerprint density at radius 2 is 2.04 bits per heavy atom. The molecule has 1 fully saturated rings. The molecule has 1 saturated carbocycles. The van der Waals surface area contributed by atoms with E-state index in [-0.39, 0.29) is 18.0 Å². The molecule has 0 saturated heterocycles. The number of terminal acetylenes is 1. The third-order valence-corrected chi connectivity index (χ3v) is 4.85. The van der Waals surface area contributed by atoms with E-state index in [1.165, 1.54) is 0 Å². The summed E-state index contributed by atoms with van der Waals surface area (Å²) in [5.41, 5.74) is 3.00. The van der Waals surface area contributed by atoms with E-state index in [2.05, 4.69) is 37.6 Å². The van der Waals surface area contributed by atoms with Crippen LogP contribution in [0.25, 0.3) is 22.0 Å². The monoisotopic (exact) mass is 357 g/mol. The van der Waals surface area contributed by atoms with Crippen LogP contribution in [0.5, 0.6) is 0 Å². The van der Waals surface area contributed by atoms with Gasteiger partial charge in [0.2, 0.25) is 5.95 Å². The average molecular weight is 357 g/mol. The second-order valence-electron chi connectivity index (χ2n) is 6.61. The minimum atomic E-state index is -0.379. The third kappa shape index (κ3) is 3.72. The Balaban J connectivity index is 1.54. The molecule has 2 heterocycles. The molecule has 27 heavy (non-hydrogen) atoms. The summed E-state index contributed by atoms with van der Waals surface area (Å²) in [6.45, 7) is 0. The fraction of sp³-hybridized carbons (Fsp3) is 0.238. The molecule has 2 aromatic heterocycles. The van der Waals surface area contributed by atoms with Crippen LogP contribution in [0, 0.1) is 12.3 Å². The first-order valence-corrected chi connectivity index (χ1v) is 8.94. The molecule has 0 unspecified atom stereocenters. The summed E-state index contributed by atoms with van der Waals surface area (Å²) in [7, 11) is 0. The normalized spacial score (nSPS) is 18.8. The number of nitrogens with zero attached hydrogens (tertiary/aromatic N) is 3. The number of amides is 1. The van der Waals surface area contributed by atoms with Gasteiger partial charge in [0.05, 0.1) is 5.52 Å². The zero-order valence-corrected chi connectivity index (χ0v) is 14.7. The summed E-state index contributed by atoms with van der Waals surface area (Å²) >= 11 is 0. The summed E-state index contributed by atoms with van der Waals surface area (Å²) in [4.78, 5) is 24.7. The Morgan fingerprint density at radius 1 is 1.15 bits per heavy atom. The first-order chi connectivity index (χ1) is 13.2. The average Bonchev–Trinajstić information content (AvgIpc) is 3.14. The van der Waals surface area contributed by atoms with Crippen LogP contribution in [0.4, 0.5) is 5.95 Å². The first kappa shape index (κ1) is 17.0. The quantitative estimate of drug-likeness (QED) is 0.702. The molecule has 6 nitrogen and oxygen atoms in total. The van der Waals surface area contributed by atoms with Gasteiger partial charge in [0, 0.05) is 41.6 Å². The molecule has 0 bridgehead atoms. The number of nitrogens with one attached hydrogen (secondary N) is 2. The number of pyridine rings is 1. The Labute approximate surface area is 157 Å². The van der Waals surface area contributed by atoms with Crippen molar-refractivity contribution in [2.24, 2.45) is 0 Å². The van der Waals surface area contributed by atoms with Gasteiger partial charge in [0.15, 0.2) is 0 Å². The molecule has 1 aliphatic rings. The van der Waals surface area contributed by atoms with Gasteiger partial charge in [0.25, 0.3) is 5.91 Å². The summed E-state index contributed by atoms with van der Waals surface area (Å²) in [6.07, 6.45) is 13.4. The number of carbonyl (C=O) groups is 1. The second-order valence-corrected chi connectivity index (χ2v) is 6.61. The molecule has 1 aliphatic carbocycles. The molecular formula is C21H19N5O. The minimum absolute atomic E-state index is 0.000744. The van der Waals surface area contributed by atoms with Gasteiger partial charge >= 0.3 is 0 Å². The number of hydrogen-bond acceptors (Lipinski definition) is 5. The summed E-state index contributed by atoms with van der Waals surface area (Å²) in [6, 6.07) is 10.1. The smallest absolute Gasteiger partial charge is 0.295 e. The number of rotatable bonds is 4. The van der Waals surface area contributed by atoms with Crippen LogP contribution in [0.2, 0.25) is 0 Å². The highest BCUT2D eigenvalue weighted by Crippen LogP contribution is 2.25. The van der Waals surface area contributed by atoms with E-state index in [0.717, 1.165) is 41.3 Å². The van der Waals surface area contributed by atoms with Crippen molar-refractivity contribution < 1.29 is 4.79 Å². The maximum absolute atomic E-state index is 11.5. The van der Waals surface area contributed by atoms with E-state index in [4.69, 9.17) is 6.42 Å². The van der Waals surface area contributed by atoms with Crippen LogP contribution in [-0.4, -0.2) is 32.9 Å². The second kappa shape index (κ2) is 7.42. The predicted octanol–water partition coefficient (Wildman–Crippen LogP) is 2.77. The fourth-order valence-electron chi connectivity index (χ4n) is 3.50. The number of aromatic nitrogens is 3. The number of hydrogen-bond donors (Lipinski definition) is 2. The molecule has 2 atom stereocenters. The van der Waals surface area contributed by atoms with Crippen LogP contribution < -0.4 is 10.6 Å². The van der Waals surface area contributed by atoms with Crippen molar-refractivity contribution in [1.29, 1.82) is 0 Å².